The fourth-order valence-corrected chi connectivity index (χ4v) is 8.61. The van der Waals surface area contributed by atoms with Crippen LogP contribution in [0.2, 0.25) is 12.6 Å². The molecule has 244 valence electrons. The second kappa shape index (κ2) is 17.9. The van der Waals surface area contributed by atoms with Gasteiger partial charge in [0.15, 0.2) is 0 Å². The van der Waals surface area contributed by atoms with E-state index in [-0.39, 0.29) is 12.2 Å². The number of benzene rings is 2. The van der Waals surface area contributed by atoms with Crippen LogP contribution in [0.4, 0.5) is 0 Å². The molecule has 3 unspecified atom stereocenters. The van der Waals surface area contributed by atoms with Crippen LogP contribution in [0.1, 0.15) is 82.1 Å². The smallest absolute Gasteiger partial charge is 0.343 e. The fraction of sp³-hybridized carbons (Fsp3) is 0.514. The van der Waals surface area contributed by atoms with Crippen LogP contribution in [-0.4, -0.2) is 56.6 Å². The van der Waals surface area contributed by atoms with Crippen LogP contribution >= 0.6 is 0 Å². The third-order valence-corrected chi connectivity index (χ3v) is 10.5. The number of rotatable bonds is 16. The number of esters is 2. The number of hydrogen-bond donors (Lipinski definition) is 1. The first-order valence-electron chi connectivity index (χ1n) is 15.8. The highest BCUT2D eigenvalue weighted by atomic mass is 28.4. The molecule has 0 bridgehead atoms. The van der Waals surface area contributed by atoms with E-state index in [0.717, 1.165) is 24.4 Å². The van der Waals surface area contributed by atoms with Gasteiger partial charge >= 0.3 is 20.5 Å². The summed E-state index contributed by atoms with van der Waals surface area (Å²) < 4.78 is 29.1. The van der Waals surface area contributed by atoms with Crippen molar-refractivity contribution in [3.8, 4) is 17.6 Å². The molecule has 1 saturated carbocycles. The van der Waals surface area contributed by atoms with Crippen molar-refractivity contribution in [1.29, 1.82) is 5.26 Å². The highest BCUT2D eigenvalue weighted by Gasteiger charge is 2.37. The molecule has 3 rings (SSSR count). The van der Waals surface area contributed by atoms with Gasteiger partial charge in [0.1, 0.15) is 17.6 Å². The highest BCUT2D eigenvalue weighted by molar-refractivity contribution is 6.66. The molecule has 0 saturated heterocycles. The van der Waals surface area contributed by atoms with Gasteiger partial charge in [0.25, 0.3) is 0 Å². The van der Waals surface area contributed by atoms with Crippen molar-refractivity contribution in [1.82, 2.24) is 0 Å². The average molecular weight is 638 g/mol. The van der Waals surface area contributed by atoms with E-state index in [1.807, 2.05) is 27.7 Å². The SMILES string of the molecule is CC(C)O[Si](C)(CCC1CCC(O)C(OC(=O)/C=C/c2ccc(OC(=O)c3ccc(OCCCC#N)cc3)cc2)C1)OC(C)C. The fourth-order valence-electron chi connectivity index (χ4n) is 5.39. The predicted octanol–water partition coefficient (Wildman–Crippen LogP) is 6.99. The molecule has 0 radical (unpaired) electrons. The second-order valence-corrected chi connectivity index (χ2v) is 15.4. The van der Waals surface area contributed by atoms with Crippen LogP contribution in [0.3, 0.4) is 0 Å². The maximum atomic E-state index is 12.6. The molecular weight excluding hydrogens is 590 g/mol. The zero-order valence-corrected chi connectivity index (χ0v) is 28.1. The highest BCUT2D eigenvalue weighted by Crippen LogP contribution is 2.33. The third kappa shape index (κ3) is 12.8. The molecule has 0 aromatic heterocycles. The van der Waals surface area contributed by atoms with Crippen molar-refractivity contribution >= 4 is 26.6 Å². The molecule has 0 spiro atoms. The summed E-state index contributed by atoms with van der Waals surface area (Å²) in [6.45, 7) is 10.7. The van der Waals surface area contributed by atoms with Gasteiger partial charge in [-0.2, -0.15) is 5.26 Å². The Morgan fingerprint density at radius 2 is 1.64 bits per heavy atom. The van der Waals surface area contributed by atoms with E-state index < -0.39 is 32.7 Å². The lowest BCUT2D eigenvalue weighted by Gasteiger charge is -2.35. The molecule has 1 fully saturated rings. The molecule has 0 amide bonds. The summed E-state index contributed by atoms with van der Waals surface area (Å²) >= 11 is 0. The van der Waals surface area contributed by atoms with E-state index in [1.165, 1.54) is 6.08 Å². The Bertz CT molecular complexity index is 1280. The van der Waals surface area contributed by atoms with Crippen molar-refractivity contribution in [2.75, 3.05) is 6.61 Å². The predicted molar refractivity (Wildman–Crippen MR) is 174 cm³/mol. The average Bonchev–Trinajstić information content (AvgIpc) is 2.99. The largest absolute Gasteiger partial charge is 0.494 e. The van der Waals surface area contributed by atoms with Crippen LogP contribution in [0.5, 0.6) is 11.5 Å². The summed E-state index contributed by atoms with van der Waals surface area (Å²) in [7, 11) is -2.34. The van der Waals surface area contributed by atoms with Crippen molar-refractivity contribution in [3.63, 3.8) is 0 Å². The van der Waals surface area contributed by atoms with Gasteiger partial charge < -0.3 is 28.2 Å². The van der Waals surface area contributed by atoms with E-state index in [0.29, 0.717) is 55.3 Å². The first-order chi connectivity index (χ1) is 21.5. The number of carbonyl (C=O) groups is 2. The molecule has 45 heavy (non-hydrogen) atoms. The third-order valence-electron chi connectivity index (χ3n) is 7.40. The molecule has 2 aromatic carbocycles. The van der Waals surface area contributed by atoms with E-state index in [4.69, 9.17) is 28.3 Å². The van der Waals surface area contributed by atoms with Gasteiger partial charge in [-0.15, -0.1) is 0 Å². The summed E-state index contributed by atoms with van der Waals surface area (Å²) in [6, 6.07) is 16.3. The van der Waals surface area contributed by atoms with Crippen LogP contribution < -0.4 is 9.47 Å². The Kier molecular flexibility index (Phi) is 14.3. The number of aliphatic hydroxyl groups is 1. The van der Waals surface area contributed by atoms with Gasteiger partial charge in [0.05, 0.1) is 24.3 Å². The van der Waals surface area contributed by atoms with Gasteiger partial charge in [-0.3, -0.25) is 0 Å². The molecule has 1 N–H and O–H groups in total. The maximum absolute atomic E-state index is 12.6. The van der Waals surface area contributed by atoms with Gasteiger partial charge in [0, 0.05) is 24.7 Å². The Labute approximate surface area is 268 Å². The molecular formula is C35H47NO8Si. The summed E-state index contributed by atoms with van der Waals surface area (Å²) in [5.74, 6) is 0.276. The number of hydrogen-bond acceptors (Lipinski definition) is 9. The lowest BCUT2D eigenvalue weighted by Crippen LogP contribution is -2.44. The van der Waals surface area contributed by atoms with Crippen molar-refractivity contribution in [2.45, 2.75) is 103 Å². The molecule has 1 aliphatic rings. The molecule has 2 aromatic rings. The van der Waals surface area contributed by atoms with E-state index in [9.17, 15) is 14.7 Å². The topological polar surface area (TPSA) is 124 Å². The number of aliphatic hydroxyl groups excluding tert-OH is 1. The van der Waals surface area contributed by atoms with Gasteiger partial charge in [-0.05, 0) is 126 Å². The van der Waals surface area contributed by atoms with Crippen LogP contribution in [0, 0.1) is 17.2 Å². The molecule has 0 aliphatic heterocycles. The first-order valence-corrected chi connectivity index (χ1v) is 18.3. The summed E-state index contributed by atoms with van der Waals surface area (Å²) in [5, 5.41) is 19.1. The minimum atomic E-state index is -2.34. The van der Waals surface area contributed by atoms with Crippen molar-refractivity contribution in [3.05, 3.63) is 65.7 Å². The van der Waals surface area contributed by atoms with Gasteiger partial charge in [-0.1, -0.05) is 12.1 Å². The lowest BCUT2D eigenvalue weighted by molar-refractivity contribution is -0.153. The van der Waals surface area contributed by atoms with Gasteiger partial charge in [0.2, 0.25) is 0 Å². The zero-order valence-electron chi connectivity index (χ0n) is 27.1. The summed E-state index contributed by atoms with van der Waals surface area (Å²) in [6.07, 6.45) is 5.95. The van der Waals surface area contributed by atoms with Crippen molar-refractivity contribution < 1.29 is 37.8 Å². The Morgan fingerprint density at radius 3 is 2.27 bits per heavy atom. The van der Waals surface area contributed by atoms with Crippen molar-refractivity contribution in [2.24, 2.45) is 5.92 Å². The van der Waals surface area contributed by atoms with Crippen LogP contribution in [-0.2, 0) is 18.4 Å². The normalized spacial score (nSPS) is 18.6. The number of ether oxygens (including phenoxy) is 3. The quantitative estimate of drug-likeness (QED) is 0.0682. The number of unbranched alkanes of at least 4 members (excludes halogenated alkanes) is 1. The Morgan fingerprint density at radius 1 is 1.00 bits per heavy atom. The molecule has 3 atom stereocenters. The second-order valence-electron chi connectivity index (χ2n) is 12.2. The number of carbonyl (C=O) groups excluding carboxylic acids is 2. The monoisotopic (exact) mass is 637 g/mol. The summed E-state index contributed by atoms with van der Waals surface area (Å²) in [4.78, 5) is 25.2. The molecule has 9 nitrogen and oxygen atoms in total. The number of nitrogens with zero attached hydrogens (tertiary/aromatic N) is 1. The van der Waals surface area contributed by atoms with Gasteiger partial charge in [-0.25, -0.2) is 9.59 Å². The van der Waals surface area contributed by atoms with E-state index in [2.05, 4.69) is 12.6 Å². The van der Waals surface area contributed by atoms with E-state index >= 15 is 0 Å². The van der Waals surface area contributed by atoms with E-state index in [1.54, 1.807) is 54.6 Å². The summed E-state index contributed by atoms with van der Waals surface area (Å²) in [5.41, 5.74) is 1.10. The standard InChI is InChI=1S/C35H47NO8Si/c1-25(2)43-45(5,44-26(3)4)23-20-28-10-18-32(37)33(24-28)42-34(38)19-11-27-8-14-31(15-9-27)41-35(39)29-12-16-30(17-13-29)40-22-7-6-21-36/h8-9,11-17,19,25-26,28,32-33,37H,6-7,10,18,20,22-24H2,1-5H3/b19-11+. The Balaban J connectivity index is 1.47. The lowest BCUT2D eigenvalue weighted by atomic mass is 9.84. The molecule has 0 heterocycles. The minimum Gasteiger partial charge on any atom is -0.494 e. The molecule has 1 aliphatic carbocycles. The van der Waals surface area contributed by atoms with Crippen LogP contribution in [0.25, 0.3) is 6.08 Å². The molecule has 10 heteroatoms. The first kappa shape index (κ1) is 36.0. The van der Waals surface area contributed by atoms with Crippen LogP contribution in [0.15, 0.2) is 54.6 Å². The number of nitriles is 1. The maximum Gasteiger partial charge on any atom is 0.343 e. The zero-order chi connectivity index (χ0) is 32.8. The minimum absolute atomic E-state index is 0.0943. The Hall–Kier alpha value is -3.49.